The summed E-state index contributed by atoms with van der Waals surface area (Å²) < 4.78 is 7.33. The number of amides is 1. The van der Waals surface area contributed by atoms with E-state index in [1.165, 1.54) is 17.3 Å². The van der Waals surface area contributed by atoms with Crippen molar-refractivity contribution in [1.82, 2.24) is 20.2 Å². The molecule has 25 heavy (non-hydrogen) atoms. The predicted molar refractivity (Wildman–Crippen MR) is 96.7 cm³/mol. The quantitative estimate of drug-likeness (QED) is 0.764. The molecular weight excluding hydrogens is 338 g/mol. The van der Waals surface area contributed by atoms with E-state index < -0.39 is 0 Å². The van der Waals surface area contributed by atoms with Crippen LogP contribution in [-0.2, 0) is 16.1 Å². The highest BCUT2D eigenvalue weighted by Gasteiger charge is 2.19. The molecule has 1 unspecified atom stereocenters. The maximum absolute atomic E-state index is 12.2. The number of ether oxygens (including phenoxy) is 1. The molecule has 1 amide bonds. The van der Waals surface area contributed by atoms with Gasteiger partial charge in [-0.25, -0.2) is 4.68 Å². The van der Waals surface area contributed by atoms with Gasteiger partial charge in [0.25, 0.3) is 0 Å². The second kappa shape index (κ2) is 8.44. The van der Waals surface area contributed by atoms with E-state index in [9.17, 15) is 4.79 Å². The molecule has 0 aliphatic carbocycles. The van der Waals surface area contributed by atoms with Crippen molar-refractivity contribution in [3.05, 3.63) is 29.8 Å². The Kier molecular flexibility index (Phi) is 6.04. The Labute approximate surface area is 151 Å². The van der Waals surface area contributed by atoms with Crippen LogP contribution in [0.15, 0.2) is 29.4 Å². The first kappa shape index (κ1) is 17.9. The van der Waals surface area contributed by atoms with Gasteiger partial charge in [0.1, 0.15) is 0 Å². The number of carbonyl (C=O) groups excluding carboxylic acids is 1. The van der Waals surface area contributed by atoms with Crippen molar-refractivity contribution in [2.24, 2.45) is 0 Å². The van der Waals surface area contributed by atoms with E-state index in [4.69, 9.17) is 4.74 Å². The first-order valence-electron chi connectivity index (χ1n) is 8.52. The van der Waals surface area contributed by atoms with Crippen molar-refractivity contribution in [3.63, 3.8) is 0 Å². The number of aromatic nitrogens is 4. The minimum atomic E-state index is -0.0717. The normalized spacial score (nSPS) is 17.2. The van der Waals surface area contributed by atoms with Crippen LogP contribution in [0, 0.1) is 0 Å². The minimum absolute atomic E-state index is 0.0717. The number of tetrazole rings is 1. The van der Waals surface area contributed by atoms with Crippen molar-refractivity contribution >= 4 is 23.4 Å². The van der Waals surface area contributed by atoms with Gasteiger partial charge in [0, 0.05) is 12.3 Å². The summed E-state index contributed by atoms with van der Waals surface area (Å²) in [6.07, 6.45) is 2.26. The summed E-state index contributed by atoms with van der Waals surface area (Å²) >= 11 is 1.33. The smallest absolute Gasteiger partial charge is 0.234 e. The monoisotopic (exact) mass is 361 g/mol. The molecule has 0 radical (unpaired) electrons. The number of thioether (sulfide) groups is 1. The van der Waals surface area contributed by atoms with E-state index >= 15 is 0 Å². The van der Waals surface area contributed by atoms with Crippen LogP contribution in [0.2, 0.25) is 0 Å². The first-order chi connectivity index (χ1) is 12.1. The molecule has 1 aromatic heterocycles. The molecule has 1 N–H and O–H groups in total. The highest BCUT2D eigenvalue weighted by molar-refractivity contribution is 7.99. The molecule has 7 nitrogen and oxygen atoms in total. The van der Waals surface area contributed by atoms with Gasteiger partial charge in [-0.15, -0.1) is 5.10 Å². The van der Waals surface area contributed by atoms with Gasteiger partial charge >= 0.3 is 0 Å². The average Bonchev–Trinajstić information content (AvgIpc) is 3.25. The SMILES string of the molecule is CC(C)c1cccc(NC(=O)CSc2nnnn2CC2CCCO2)c1. The average molecular weight is 361 g/mol. The van der Waals surface area contributed by atoms with E-state index in [-0.39, 0.29) is 17.8 Å². The zero-order valence-corrected chi connectivity index (χ0v) is 15.3. The molecule has 1 saturated heterocycles. The van der Waals surface area contributed by atoms with Gasteiger partial charge in [0.2, 0.25) is 11.1 Å². The van der Waals surface area contributed by atoms with Gasteiger partial charge in [-0.1, -0.05) is 37.7 Å². The van der Waals surface area contributed by atoms with Crippen LogP contribution < -0.4 is 5.32 Å². The number of hydrogen-bond donors (Lipinski definition) is 1. The van der Waals surface area contributed by atoms with E-state index in [0.717, 1.165) is 25.1 Å². The largest absolute Gasteiger partial charge is 0.376 e. The Morgan fingerprint density at radius 3 is 3.12 bits per heavy atom. The number of anilines is 1. The van der Waals surface area contributed by atoms with Gasteiger partial charge in [-0.05, 0) is 46.9 Å². The molecule has 0 spiro atoms. The molecule has 1 aliphatic heterocycles. The third-order valence-electron chi connectivity index (χ3n) is 4.07. The fraction of sp³-hybridized carbons (Fsp3) is 0.529. The second-order valence-electron chi connectivity index (χ2n) is 6.40. The summed E-state index contributed by atoms with van der Waals surface area (Å²) in [6, 6.07) is 7.93. The van der Waals surface area contributed by atoms with Crippen LogP contribution in [0.3, 0.4) is 0 Å². The van der Waals surface area contributed by atoms with Crippen LogP contribution in [0.5, 0.6) is 0 Å². The minimum Gasteiger partial charge on any atom is -0.376 e. The fourth-order valence-corrected chi connectivity index (χ4v) is 3.39. The van der Waals surface area contributed by atoms with Crippen molar-refractivity contribution in [2.75, 3.05) is 17.7 Å². The summed E-state index contributed by atoms with van der Waals surface area (Å²) in [4.78, 5) is 12.2. The standard InChI is InChI=1S/C17H23N5O2S/c1-12(2)13-5-3-6-14(9-13)18-16(23)11-25-17-19-20-21-22(17)10-15-7-4-8-24-15/h3,5-6,9,12,15H,4,7-8,10-11H2,1-2H3,(H,18,23). The number of nitrogens with one attached hydrogen (secondary N) is 1. The molecule has 134 valence electrons. The lowest BCUT2D eigenvalue weighted by molar-refractivity contribution is -0.113. The third kappa shape index (κ3) is 5.02. The summed E-state index contributed by atoms with van der Waals surface area (Å²) in [5.74, 6) is 0.615. The predicted octanol–water partition coefficient (Wildman–Crippen LogP) is 2.71. The number of benzene rings is 1. The molecule has 2 aromatic rings. The highest BCUT2D eigenvalue weighted by atomic mass is 32.2. The molecule has 2 heterocycles. The molecule has 1 aliphatic rings. The summed E-state index contributed by atoms with van der Waals surface area (Å²) in [7, 11) is 0. The number of nitrogens with zero attached hydrogens (tertiary/aromatic N) is 4. The molecule has 0 saturated carbocycles. The topological polar surface area (TPSA) is 81.9 Å². The molecule has 1 fully saturated rings. The Bertz CT molecular complexity index is 713. The third-order valence-corrected chi connectivity index (χ3v) is 5.03. The lowest BCUT2D eigenvalue weighted by atomic mass is 10.0. The van der Waals surface area contributed by atoms with Crippen LogP contribution in [0.1, 0.15) is 38.2 Å². The van der Waals surface area contributed by atoms with Crippen molar-refractivity contribution in [1.29, 1.82) is 0 Å². The second-order valence-corrected chi connectivity index (χ2v) is 7.34. The summed E-state index contributed by atoms with van der Waals surface area (Å²) in [5.41, 5.74) is 2.02. The molecular formula is C17H23N5O2S. The lowest BCUT2D eigenvalue weighted by Crippen LogP contribution is -2.18. The molecule has 1 atom stereocenters. The van der Waals surface area contributed by atoms with Gasteiger partial charge < -0.3 is 10.1 Å². The van der Waals surface area contributed by atoms with Gasteiger partial charge in [0.05, 0.1) is 18.4 Å². The Morgan fingerprint density at radius 2 is 2.36 bits per heavy atom. The molecule has 8 heteroatoms. The molecule has 1 aromatic carbocycles. The van der Waals surface area contributed by atoms with Crippen molar-refractivity contribution < 1.29 is 9.53 Å². The van der Waals surface area contributed by atoms with Crippen LogP contribution >= 0.6 is 11.8 Å². The van der Waals surface area contributed by atoms with Crippen molar-refractivity contribution in [2.45, 2.75) is 50.4 Å². The van der Waals surface area contributed by atoms with Gasteiger partial charge in [-0.3, -0.25) is 4.79 Å². The van der Waals surface area contributed by atoms with E-state index in [1.54, 1.807) is 4.68 Å². The van der Waals surface area contributed by atoms with Crippen LogP contribution in [0.25, 0.3) is 0 Å². The summed E-state index contributed by atoms with van der Waals surface area (Å²) in [6.45, 7) is 5.69. The highest BCUT2D eigenvalue weighted by Crippen LogP contribution is 2.20. The Balaban J connectivity index is 1.52. The zero-order valence-electron chi connectivity index (χ0n) is 14.5. The lowest BCUT2D eigenvalue weighted by Gasteiger charge is -2.11. The maximum Gasteiger partial charge on any atom is 0.234 e. The number of carbonyl (C=O) groups is 1. The van der Waals surface area contributed by atoms with E-state index in [0.29, 0.717) is 17.6 Å². The fourth-order valence-electron chi connectivity index (χ4n) is 2.70. The first-order valence-corrected chi connectivity index (χ1v) is 9.51. The Morgan fingerprint density at radius 1 is 1.48 bits per heavy atom. The van der Waals surface area contributed by atoms with E-state index in [2.05, 4.69) is 40.8 Å². The number of rotatable bonds is 7. The maximum atomic E-state index is 12.2. The van der Waals surface area contributed by atoms with Crippen LogP contribution in [-0.4, -0.2) is 44.6 Å². The molecule has 0 bridgehead atoms. The van der Waals surface area contributed by atoms with Crippen molar-refractivity contribution in [3.8, 4) is 0 Å². The van der Waals surface area contributed by atoms with Crippen LogP contribution in [0.4, 0.5) is 5.69 Å². The van der Waals surface area contributed by atoms with Gasteiger partial charge in [-0.2, -0.15) is 0 Å². The zero-order chi connectivity index (χ0) is 17.6. The Hall–Kier alpha value is -1.93. The summed E-state index contributed by atoms with van der Waals surface area (Å²) in [5, 5.41) is 15.3. The molecule has 3 rings (SSSR count). The van der Waals surface area contributed by atoms with E-state index in [1.807, 2.05) is 18.2 Å². The van der Waals surface area contributed by atoms with Gasteiger partial charge in [0.15, 0.2) is 0 Å². The number of hydrogen-bond acceptors (Lipinski definition) is 6.